The van der Waals surface area contributed by atoms with Gasteiger partial charge < -0.3 is 5.32 Å². The summed E-state index contributed by atoms with van der Waals surface area (Å²) in [4.78, 5) is 11.5. The van der Waals surface area contributed by atoms with Crippen molar-refractivity contribution >= 4 is 5.91 Å². The molecule has 17 heavy (non-hydrogen) atoms. The Morgan fingerprint density at radius 2 is 1.94 bits per heavy atom. The molecule has 0 heterocycles. The number of hydrogen-bond donors (Lipinski definition) is 1. The van der Waals surface area contributed by atoms with Gasteiger partial charge in [0.15, 0.2) is 17.5 Å². The molecule has 0 radical (unpaired) electrons. The third kappa shape index (κ3) is 3.34. The Balaban J connectivity index is 2.86. The van der Waals surface area contributed by atoms with Crippen LogP contribution in [0.15, 0.2) is 24.8 Å². The van der Waals surface area contributed by atoms with Gasteiger partial charge in [0.25, 0.3) is 5.91 Å². The molecule has 0 aliphatic rings. The smallest absolute Gasteiger partial charge is 0.251 e. The van der Waals surface area contributed by atoms with Crippen molar-refractivity contribution < 1.29 is 18.0 Å². The monoisotopic (exact) mass is 243 g/mol. The van der Waals surface area contributed by atoms with Gasteiger partial charge in [0.1, 0.15) is 0 Å². The number of nitrogens with one attached hydrogen (secondary N) is 1. The molecule has 0 bridgehead atoms. The zero-order chi connectivity index (χ0) is 13.0. The van der Waals surface area contributed by atoms with E-state index in [0.717, 1.165) is 0 Å². The first kappa shape index (κ1) is 13.3. The molecule has 1 amide bonds. The van der Waals surface area contributed by atoms with E-state index in [1.165, 1.54) is 0 Å². The zero-order valence-electron chi connectivity index (χ0n) is 9.27. The molecule has 0 spiro atoms. The minimum absolute atomic E-state index is 0.212. The fourth-order valence-corrected chi connectivity index (χ4v) is 1.30. The average Bonchev–Trinajstić information content (AvgIpc) is 2.25. The van der Waals surface area contributed by atoms with Crippen LogP contribution in [0.3, 0.4) is 0 Å². The predicted molar refractivity (Wildman–Crippen MR) is 58.1 cm³/mol. The maximum absolute atomic E-state index is 12.9. The summed E-state index contributed by atoms with van der Waals surface area (Å²) in [5, 5.41) is 2.51. The first-order chi connectivity index (χ1) is 7.95. The van der Waals surface area contributed by atoms with Crippen molar-refractivity contribution in [2.45, 2.75) is 19.4 Å². The summed E-state index contributed by atoms with van der Waals surface area (Å²) in [5.74, 6) is -5.00. The van der Waals surface area contributed by atoms with Crippen LogP contribution >= 0.6 is 0 Å². The highest BCUT2D eigenvalue weighted by Crippen LogP contribution is 2.13. The molecule has 1 aromatic carbocycles. The predicted octanol–water partition coefficient (Wildman–Crippen LogP) is 2.80. The van der Waals surface area contributed by atoms with E-state index < -0.39 is 23.4 Å². The van der Waals surface area contributed by atoms with Gasteiger partial charge in [-0.1, -0.05) is 6.08 Å². The minimum Gasteiger partial charge on any atom is -0.349 e. The summed E-state index contributed by atoms with van der Waals surface area (Å²) in [6, 6.07) is 1.11. The van der Waals surface area contributed by atoms with Crippen LogP contribution in [0.4, 0.5) is 13.2 Å². The molecular weight excluding hydrogens is 231 g/mol. The van der Waals surface area contributed by atoms with Crippen molar-refractivity contribution in [1.29, 1.82) is 0 Å². The third-order valence-electron chi connectivity index (χ3n) is 2.14. The van der Waals surface area contributed by atoms with Gasteiger partial charge in [0, 0.05) is 11.6 Å². The van der Waals surface area contributed by atoms with Crippen LogP contribution < -0.4 is 5.32 Å². The second-order valence-corrected chi connectivity index (χ2v) is 3.65. The maximum Gasteiger partial charge on any atom is 0.251 e. The Labute approximate surface area is 97.1 Å². The topological polar surface area (TPSA) is 29.1 Å². The molecule has 1 unspecified atom stereocenters. The number of carbonyl (C=O) groups is 1. The Hall–Kier alpha value is -1.78. The fourth-order valence-electron chi connectivity index (χ4n) is 1.30. The molecule has 0 saturated heterocycles. The number of halogens is 3. The normalized spacial score (nSPS) is 12.0. The highest BCUT2D eigenvalue weighted by atomic mass is 19.2. The van der Waals surface area contributed by atoms with Crippen LogP contribution in [-0.2, 0) is 0 Å². The van der Waals surface area contributed by atoms with Crippen molar-refractivity contribution in [3.8, 4) is 0 Å². The summed E-state index contributed by atoms with van der Waals surface area (Å²) in [6.45, 7) is 5.22. The molecule has 5 heteroatoms. The second-order valence-electron chi connectivity index (χ2n) is 3.65. The van der Waals surface area contributed by atoms with Crippen LogP contribution in [0.2, 0.25) is 0 Å². The van der Waals surface area contributed by atoms with Crippen LogP contribution in [0.5, 0.6) is 0 Å². The van der Waals surface area contributed by atoms with E-state index in [-0.39, 0.29) is 11.6 Å². The van der Waals surface area contributed by atoms with E-state index in [9.17, 15) is 18.0 Å². The van der Waals surface area contributed by atoms with Gasteiger partial charge in [0.05, 0.1) is 0 Å². The molecule has 0 fully saturated rings. The Kier molecular flexibility index (Phi) is 4.31. The third-order valence-corrected chi connectivity index (χ3v) is 2.14. The molecular formula is C12H12F3NO. The van der Waals surface area contributed by atoms with Gasteiger partial charge in [-0.2, -0.15) is 0 Å². The van der Waals surface area contributed by atoms with Crippen molar-refractivity contribution in [2.75, 3.05) is 0 Å². The van der Waals surface area contributed by atoms with Crippen molar-refractivity contribution in [3.63, 3.8) is 0 Å². The highest BCUT2D eigenvalue weighted by molar-refractivity contribution is 5.94. The van der Waals surface area contributed by atoms with Gasteiger partial charge in [-0.25, -0.2) is 13.2 Å². The average molecular weight is 243 g/mol. The number of carbonyl (C=O) groups excluding carboxylic acids is 1. The lowest BCUT2D eigenvalue weighted by molar-refractivity contribution is 0.0939. The van der Waals surface area contributed by atoms with Crippen molar-refractivity contribution in [1.82, 2.24) is 5.32 Å². The lowest BCUT2D eigenvalue weighted by atomic mass is 10.1. The molecule has 0 aliphatic carbocycles. The van der Waals surface area contributed by atoms with Gasteiger partial charge >= 0.3 is 0 Å². The van der Waals surface area contributed by atoms with E-state index in [1.807, 2.05) is 0 Å². The summed E-state index contributed by atoms with van der Waals surface area (Å²) < 4.78 is 38.4. The minimum atomic E-state index is -1.58. The van der Waals surface area contributed by atoms with Crippen molar-refractivity contribution in [3.05, 3.63) is 47.8 Å². The molecule has 1 atom stereocenters. The number of amides is 1. The molecule has 0 saturated carbocycles. The molecule has 1 N–H and O–H groups in total. The number of benzene rings is 1. The fraction of sp³-hybridized carbons (Fsp3) is 0.250. The van der Waals surface area contributed by atoms with E-state index >= 15 is 0 Å². The number of hydrogen-bond acceptors (Lipinski definition) is 1. The zero-order valence-corrected chi connectivity index (χ0v) is 9.27. The Morgan fingerprint density at radius 3 is 2.41 bits per heavy atom. The van der Waals surface area contributed by atoms with E-state index in [0.29, 0.717) is 18.6 Å². The maximum atomic E-state index is 12.9. The second kappa shape index (κ2) is 5.52. The summed E-state index contributed by atoms with van der Waals surface area (Å²) in [7, 11) is 0. The quantitative estimate of drug-likeness (QED) is 0.639. The highest BCUT2D eigenvalue weighted by Gasteiger charge is 2.15. The van der Waals surface area contributed by atoms with Crippen LogP contribution in [-0.4, -0.2) is 11.9 Å². The van der Waals surface area contributed by atoms with E-state index in [4.69, 9.17) is 0 Å². The SMILES string of the molecule is C=CCC(C)NC(=O)c1cc(F)c(F)c(F)c1. The van der Waals surface area contributed by atoms with Crippen LogP contribution in [0.25, 0.3) is 0 Å². The molecule has 1 aromatic rings. The summed E-state index contributed by atoms with van der Waals surface area (Å²) in [6.07, 6.45) is 2.13. The van der Waals surface area contributed by atoms with Gasteiger partial charge in [0.2, 0.25) is 0 Å². The van der Waals surface area contributed by atoms with E-state index in [2.05, 4.69) is 11.9 Å². The van der Waals surface area contributed by atoms with Gasteiger partial charge in [-0.15, -0.1) is 6.58 Å². The van der Waals surface area contributed by atoms with E-state index in [1.54, 1.807) is 13.0 Å². The first-order valence-corrected chi connectivity index (χ1v) is 5.02. The van der Waals surface area contributed by atoms with Crippen molar-refractivity contribution in [2.24, 2.45) is 0 Å². The lowest BCUT2D eigenvalue weighted by Crippen LogP contribution is -2.32. The Morgan fingerprint density at radius 1 is 1.41 bits per heavy atom. The lowest BCUT2D eigenvalue weighted by Gasteiger charge is -2.11. The first-order valence-electron chi connectivity index (χ1n) is 5.02. The van der Waals surface area contributed by atoms with Crippen LogP contribution in [0.1, 0.15) is 23.7 Å². The Bertz CT molecular complexity index is 422. The summed E-state index contributed by atoms with van der Waals surface area (Å²) >= 11 is 0. The molecule has 1 rings (SSSR count). The molecule has 0 aliphatic heterocycles. The van der Waals surface area contributed by atoms with Gasteiger partial charge in [-0.3, -0.25) is 4.79 Å². The standard InChI is InChI=1S/C12H12F3NO/c1-3-4-7(2)16-12(17)8-5-9(13)11(15)10(14)6-8/h3,5-7H,1,4H2,2H3,(H,16,17). The number of rotatable bonds is 4. The molecule has 0 aromatic heterocycles. The molecule has 92 valence electrons. The summed E-state index contributed by atoms with van der Waals surface area (Å²) in [5.41, 5.74) is -0.252. The van der Waals surface area contributed by atoms with Gasteiger partial charge in [-0.05, 0) is 25.5 Å². The van der Waals surface area contributed by atoms with Crippen LogP contribution in [0, 0.1) is 17.5 Å². The molecule has 2 nitrogen and oxygen atoms in total. The largest absolute Gasteiger partial charge is 0.349 e.